The SMILES string of the molecule is CCOc1cccc2sc(N(CCCN(C)C)C(=O)Cc3ccc(F)cc3)nc12. The Labute approximate surface area is 174 Å². The van der Waals surface area contributed by atoms with Crippen LogP contribution >= 0.6 is 11.3 Å². The van der Waals surface area contributed by atoms with Gasteiger partial charge in [0.1, 0.15) is 17.1 Å². The Hall–Kier alpha value is -2.51. The maximum atomic E-state index is 13.2. The van der Waals surface area contributed by atoms with E-state index >= 15 is 0 Å². The molecule has 7 heteroatoms. The third-order valence-electron chi connectivity index (χ3n) is 4.46. The highest BCUT2D eigenvalue weighted by Gasteiger charge is 2.21. The molecule has 0 fully saturated rings. The van der Waals surface area contributed by atoms with Crippen LogP contribution in [0.1, 0.15) is 18.9 Å². The first-order chi connectivity index (χ1) is 14.0. The average molecular weight is 416 g/mol. The number of amides is 1. The van der Waals surface area contributed by atoms with Crippen molar-refractivity contribution in [1.82, 2.24) is 9.88 Å². The van der Waals surface area contributed by atoms with Crippen LogP contribution in [-0.4, -0.2) is 49.6 Å². The molecular weight excluding hydrogens is 389 g/mol. The van der Waals surface area contributed by atoms with E-state index in [0.717, 1.165) is 34.5 Å². The second-order valence-corrected chi connectivity index (χ2v) is 8.05. The number of carbonyl (C=O) groups is 1. The Bertz CT molecular complexity index is 956. The van der Waals surface area contributed by atoms with Gasteiger partial charge in [0.05, 0.1) is 17.7 Å². The predicted octanol–water partition coefficient (Wildman–Crippen LogP) is 4.36. The molecule has 1 heterocycles. The van der Waals surface area contributed by atoms with E-state index in [1.165, 1.54) is 23.5 Å². The number of benzene rings is 2. The minimum Gasteiger partial charge on any atom is -0.492 e. The summed E-state index contributed by atoms with van der Waals surface area (Å²) in [6, 6.07) is 11.9. The molecule has 0 aliphatic carbocycles. The average Bonchev–Trinajstić information content (AvgIpc) is 3.12. The molecule has 3 aromatic rings. The van der Waals surface area contributed by atoms with Gasteiger partial charge < -0.3 is 9.64 Å². The van der Waals surface area contributed by atoms with E-state index in [2.05, 4.69) is 4.90 Å². The van der Waals surface area contributed by atoms with Crippen molar-refractivity contribution in [2.45, 2.75) is 19.8 Å². The van der Waals surface area contributed by atoms with Crippen LogP contribution in [0.3, 0.4) is 0 Å². The first-order valence-electron chi connectivity index (χ1n) is 9.70. The molecule has 0 unspecified atom stereocenters. The first kappa shape index (κ1) is 21.2. The van der Waals surface area contributed by atoms with E-state index in [-0.39, 0.29) is 18.1 Å². The number of halogens is 1. The highest BCUT2D eigenvalue weighted by Crippen LogP contribution is 2.34. The van der Waals surface area contributed by atoms with Gasteiger partial charge in [0, 0.05) is 6.54 Å². The zero-order valence-corrected chi connectivity index (χ0v) is 17.8. The first-order valence-corrected chi connectivity index (χ1v) is 10.5. The Morgan fingerprint density at radius 3 is 2.59 bits per heavy atom. The molecule has 0 aliphatic heterocycles. The van der Waals surface area contributed by atoms with Crippen molar-refractivity contribution in [3.8, 4) is 5.75 Å². The van der Waals surface area contributed by atoms with E-state index in [9.17, 15) is 9.18 Å². The van der Waals surface area contributed by atoms with Crippen LogP contribution in [0.4, 0.5) is 9.52 Å². The van der Waals surface area contributed by atoms with Gasteiger partial charge in [0.2, 0.25) is 5.91 Å². The number of rotatable bonds is 9. The summed E-state index contributed by atoms with van der Waals surface area (Å²) < 4.78 is 19.9. The standard InChI is InChI=1S/C22H26FN3O2S/c1-4-28-18-7-5-8-19-21(18)24-22(29-19)26(14-6-13-25(2)3)20(27)15-16-9-11-17(23)12-10-16/h5,7-12H,4,6,13-15H2,1-3H3. The summed E-state index contributed by atoms with van der Waals surface area (Å²) in [5.41, 5.74) is 1.56. The minimum atomic E-state index is -0.307. The third-order valence-corrected chi connectivity index (χ3v) is 5.50. The van der Waals surface area contributed by atoms with E-state index in [1.54, 1.807) is 17.0 Å². The van der Waals surface area contributed by atoms with Crippen LogP contribution in [0.15, 0.2) is 42.5 Å². The zero-order chi connectivity index (χ0) is 20.8. The number of aromatic nitrogens is 1. The van der Waals surface area contributed by atoms with Crippen LogP contribution in [0.5, 0.6) is 5.75 Å². The van der Waals surface area contributed by atoms with Gasteiger partial charge >= 0.3 is 0 Å². The van der Waals surface area contributed by atoms with Gasteiger partial charge in [-0.3, -0.25) is 9.69 Å². The predicted molar refractivity (Wildman–Crippen MR) is 116 cm³/mol. The summed E-state index contributed by atoms with van der Waals surface area (Å²) in [5.74, 6) is 0.373. The smallest absolute Gasteiger partial charge is 0.233 e. The summed E-state index contributed by atoms with van der Waals surface area (Å²) in [6.45, 7) is 3.94. The number of nitrogens with zero attached hydrogens (tertiary/aromatic N) is 3. The molecule has 1 aromatic heterocycles. The molecule has 0 atom stereocenters. The van der Waals surface area contributed by atoms with Gasteiger partial charge in [-0.25, -0.2) is 9.37 Å². The van der Waals surface area contributed by atoms with Crippen molar-refractivity contribution < 1.29 is 13.9 Å². The van der Waals surface area contributed by atoms with Crippen molar-refractivity contribution in [1.29, 1.82) is 0 Å². The van der Waals surface area contributed by atoms with Crippen molar-refractivity contribution in [2.24, 2.45) is 0 Å². The fourth-order valence-electron chi connectivity index (χ4n) is 3.04. The molecule has 0 saturated carbocycles. The van der Waals surface area contributed by atoms with Crippen LogP contribution in [0, 0.1) is 5.82 Å². The molecule has 0 aliphatic rings. The lowest BCUT2D eigenvalue weighted by molar-refractivity contribution is -0.118. The molecule has 5 nitrogen and oxygen atoms in total. The maximum absolute atomic E-state index is 13.2. The highest BCUT2D eigenvalue weighted by molar-refractivity contribution is 7.22. The Balaban J connectivity index is 1.87. The summed E-state index contributed by atoms with van der Waals surface area (Å²) in [7, 11) is 4.02. The molecule has 0 spiro atoms. The van der Waals surface area contributed by atoms with Crippen molar-refractivity contribution in [2.75, 3.05) is 38.7 Å². The monoisotopic (exact) mass is 415 g/mol. The summed E-state index contributed by atoms with van der Waals surface area (Å²) in [5, 5.41) is 0.665. The second-order valence-electron chi connectivity index (χ2n) is 7.04. The highest BCUT2D eigenvalue weighted by atomic mass is 32.1. The molecule has 0 N–H and O–H groups in total. The van der Waals surface area contributed by atoms with Crippen LogP contribution in [0.25, 0.3) is 10.2 Å². The minimum absolute atomic E-state index is 0.0487. The van der Waals surface area contributed by atoms with Gasteiger partial charge in [0.15, 0.2) is 5.13 Å². The molecule has 3 rings (SSSR count). The second kappa shape index (κ2) is 9.80. The molecular formula is C22H26FN3O2S. The number of anilines is 1. The van der Waals surface area contributed by atoms with E-state index in [4.69, 9.17) is 9.72 Å². The maximum Gasteiger partial charge on any atom is 0.233 e. The van der Waals surface area contributed by atoms with Crippen molar-refractivity contribution >= 4 is 32.6 Å². The lowest BCUT2D eigenvalue weighted by Gasteiger charge is -2.21. The fourth-order valence-corrected chi connectivity index (χ4v) is 4.07. The number of fused-ring (bicyclic) bond motifs is 1. The lowest BCUT2D eigenvalue weighted by Crippen LogP contribution is -2.34. The molecule has 0 bridgehead atoms. The van der Waals surface area contributed by atoms with Crippen LogP contribution in [0.2, 0.25) is 0 Å². The largest absolute Gasteiger partial charge is 0.492 e. The number of hydrogen-bond donors (Lipinski definition) is 0. The van der Waals surface area contributed by atoms with Gasteiger partial charge in [-0.05, 0) is 63.8 Å². The summed E-state index contributed by atoms with van der Waals surface area (Å²) in [6.07, 6.45) is 1.03. The summed E-state index contributed by atoms with van der Waals surface area (Å²) in [4.78, 5) is 21.7. The molecule has 2 aromatic carbocycles. The van der Waals surface area contributed by atoms with Crippen molar-refractivity contribution in [3.63, 3.8) is 0 Å². The normalized spacial score (nSPS) is 11.2. The number of ether oxygens (including phenoxy) is 1. The van der Waals surface area contributed by atoms with Crippen LogP contribution in [-0.2, 0) is 11.2 Å². The molecule has 0 saturated heterocycles. The lowest BCUT2D eigenvalue weighted by atomic mass is 10.1. The number of thiazole rings is 1. The van der Waals surface area contributed by atoms with Gasteiger partial charge in [-0.2, -0.15) is 0 Å². The Morgan fingerprint density at radius 1 is 1.14 bits per heavy atom. The van der Waals surface area contributed by atoms with Crippen molar-refractivity contribution in [3.05, 3.63) is 53.8 Å². The van der Waals surface area contributed by atoms with Gasteiger partial charge in [-0.15, -0.1) is 0 Å². The third kappa shape index (κ3) is 5.52. The van der Waals surface area contributed by atoms with Crippen LogP contribution < -0.4 is 9.64 Å². The van der Waals surface area contributed by atoms with E-state index in [1.807, 2.05) is 39.2 Å². The number of hydrogen-bond acceptors (Lipinski definition) is 5. The summed E-state index contributed by atoms with van der Waals surface area (Å²) >= 11 is 1.49. The fraction of sp³-hybridized carbons (Fsp3) is 0.364. The van der Waals surface area contributed by atoms with Gasteiger partial charge in [-0.1, -0.05) is 29.5 Å². The molecule has 0 radical (unpaired) electrons. The molecule has 154 valence electrons. The van der Waals surface area contributed by atoms with E-state index in [0.29, 0.717) is 18.3 Å². The Kier molecular flexibility index (Phi) is 7.17. The zero-order valence-electron chi connectivity index (χ0n) is 17.0. The molecule has 1 amide bonds. The van der Waals surface area contributed by atoms with E-state index < -0.39 is 0 Å². The topological polar surface area (TPSA) is 45.7 Å². The number of para-hydroxylation sites is 1. The Morgan fingerprint density at radius 2 is 1.90 bits per heavy atom. The quantitative estimate of drug-likeness (QED) is 0.521. The van der Waals surface area contributed by atoms with Gasteiger partial charge in [0.25, 0.3) is 0 Å². The molecule has 29 heavy (non-hydrogen) atoms. The number of carbonyl (C=O) groups excluding carboxylic acids is 1.